The Labute approximate surface area is 174 Å². The molecule has 2 aromatic rings. The molecule has 1 aromatic carbocycles. The van der Waals surface area contributed by atoms with Crippen molar-refractivity contribution in [2.45, 2.75) is 38.3 Å². The van der Waals surface area contributed by atoms with Crippen molar-refractivity contribution < 1.29 is 23.2 Å². The maximum absolute atomic E-state index is 13.5. The van der Waals surface area contributed by atoms with Crippen LogP contribution in [0.1, 0.15) is 44.7 Å². The number of para-hydroxylation sites is 1. The molecule has 1 fully saturated rings. The zero-order chi connectivity index (χ0) is 27.1. The Morgan fingerprint density at radius 1 is 1.42 bits per heavy atom. The van der Waals surface area contributed by atoms with E-state index in [2.05, 4.69) is 4.90 Å². The van der Waals surface area contributed by atoms with E-state index in [1.54, 1.807) is 11.3 Å². The summed E-state index contributed by atoms with van der Waals surface area (Å²) in [6.07, 6.45) is -1.92. The molecule has 1 aliphatic rings. The summed E-state index contributed by atoms with van der Waals surface area (Å²) in [4.78, 5) is 17.4. The number of methoxy groups -OCH3 is 1. The maximum Gasteiger partial charge on any atom is 0.229 e. The van der Waals surface area contributed by atoms with E-state index >= 15 is 0 Å². The van der Waals surface area contributed by atoms with E-state index in [-0.39, 0.29) is 25.9 Å². The van der Waals surface area contributed by atoms with Crippen molar-refractivity contribution in [1.29, 1.82) is 0 Å². The van der Waals surface area contributed by atoms with Gasteiger partial charge in [-0.25, -0.2) is 0 Å². The molecule has 0 bridgehead atoms. The van der Waals surface area contributed by atoms with Crippen molar-refractivity contribution in [1.82, 2.24) is 4.90 Å². The van der Waals surface area contributed by atoms with Crippen molar-refractivity contribution in [3.8, 4) is 0 Å². The SMILES string of the molecule is [2H]c1c([2H])c([2H])c(N(C(=O)C([2H])([2H])C)C2(OC([2H])([2H])[2H])CCN(CCc3cccs3)CC2)c([2H])c1[2H]. The molecule has 1 saturated heterocycles. The number of thiophene rings is 1. The fourth-order valence-corrected chi connectivity index (χ4v) is 3.88. The number of rotatable bonds is 7. The number of benzene rings is 1. The third-order valence-corrected chi connectivity index (χ3v) is 5.55. The number of ether oxygens (including phenoxy) is 1. The standard InChI is InChI=1S/C21H28N2O2S/c1-3-20(24)23(18-8-5-4-6-9-18)21(25-2)12-15-22(16-13-21)14-11-19-10-7-17-26-19/h4-10,17H,3,11-16H2,1-2H3/i2D3,3D2,4D,5D,6D,8D,9D. The van der Waals surface area contributed by atoms with Gasteiger partial charge in [-0.3, -0.25) is 9.69 Å². The Balaban J connectivity index is 2.09. The largest absolute Gasteiger partial charge is 0.358 e. The number of hydrogen-bond donors (Lipinski definition) is 0. The third-order valence-electron chi connectivity index (χ3n) is 4.62. The first kappa shape index (κ1) is 10.0. The lowest BCUT2D eigenvalue weighted by Gasteiger charge is -2.47. The highest BCUT2D eigenvalue weighted by Crippen LogP contribution is 2.34. The van der Waals surface area contributed by atoms with Crippen LogP contribution in [0.25, 0.3) is 0 Å². The summed E-state index contributed by atoms with van der Waals surface area (Å²) in [7, 11) is -3.01. The molecule has 26 heavy (non-hydrogen) atoms. The summed E-state index contributed by atoms with van der Waals surface area (Å²) in [6, 6.07) is 0.345. The molecule has 3 rings (SSSR count). The van der Waals surface area contributed by atoms with Crippen LogP contribution in [-0.2, 0) is 16.0 Å². The molecule has 1 aliphatic heterocycles. The van der Waals surface area contributed by atoms with E-state index in [0.717, 1.165) is 13.3 Å². The van der Waals surface area contributed by atoms with Crippen LogP contribution in [-0.4, -0.2) is 43.2 Å². The molecule has 0 unspecified atom stereocenters. The van der Waals surface area contributed by atoms with E-state index in [1.165, 1.54) is 4.88 Å². The van der Waals surface area contributed by atoms with Crippen LogP contribution >= 0.6 is 11.3 Å². The van der Waals surface area contributed by atoms with Gasteiger partial charge in [-0.15, -0.1) is 11.3 Å². The van der Waals surface area contributed by atoms with Crippen LogP contribution < -0.4 is 4.90 Å². The molecule has 140 valence electrons. The van der Waals surface area contributed by atoms with Gasteiger partial charge < -0.3 is 9.64 Å². The van der Waals surface area contributed by atoms with Crippen LogP contribution in [0.4, 0.5) is 5.69 Å². The van der Waals surface area contributed by atoms with E-state index < -0.39 is 60.9 Å². The highest BCUT2D eigenvalue weighted by molar-refractivity contribution is 7.09. The summed E-state index contributed by atoms with van der Waals surface area (Å²) >= 11 is 1.62. The van der Waals surface area contributed by atoms with Crippen molar-refractivity contribution in [2.75, 3.05) is 31.6 Å². The monoisotopic (exact) mass is 382 g/mol. The van der Waals surface area contributed by atoms with Crippen LogP contribution in [0.2, 0.25) is 0 Å². The average molecular weight is 383 g/mol. The molecule has 0 aliphatic carbocycles. The van der Waals surface area contributed by atoms with Crippen LogP contribution in [0, 0.1) is 0 Å². The molecular weight excluding hydrogens is 344 g/mol. The fourth-order valence-electron chi connectivity index (χ4n) is 3.18. The topological polar surface area (TPSA) is 32.8 Å². The van der Waals surface area contributed by atoms with Gasteiger partial charge in [0, 0.05) is 59.2 Å². The first-order chi connectivity index (χ1) is 16.6. The zero-order valence-corrected chi connectivity index (χ0v) is 15.4. The molecule has 0 N–H and O–H groups in total. The minimum atomic E-state index is -3.01. The van der Waals surface area contributed by atoms with E-state index in [1.807, 2.05) is 17.5 Å². The number of nitrogens with zero attached hydrogens (tertiary/aromatic N) is 2. The maximum atomic E-state index is 13.5. The quantitative estimate of drug-likeness (QED) is 0.674. The molecule has 0 atom stereocenters. The lowest BCUT2D eigenvalue weighted by Crippen LogP contribution is -2.59. The summed E-state index contributed by atoms with van der Waals surface area (Å²) in [5.74, 6) is -1.25. The normalized spacial score (nSPS) is 23.7. The van der Waals surface area contributed by atoms with Gasteiger partial charge in [0.2, 0.25) is 5.91 Å². The Bertz CT molecular complexity index is 1060. The molecular formula is C21H28N2O2S. The number of likely N-dealkylation sites (tertiary alicyclic amines) is 1. The van der Waals surface area contributed by atoms with Crippen molar-refractivity contribution in [3.63, 3.8) is 0 Å². The Morgan fingerprint density at radius 2 is 2.19 bits per heavy atom. The van der Waals surface area contributed by atoms with Crippen molar-refractivity contribution in [3.05, 3.63) is 52.6 Å². The minimum absolute atomic E-state index is 0.0696. The smallest absolute Gasteiger partial charge is 0.229 e. The lowest BCUT2D eigenvalue weighted by atomic mass is 9.96. The predicted octanol–water partition coefficient (Wildman–Crippen LogP) is 4.17. The summed E-state index contributed by atoms with van der Waals surface area (Å²) in [5.41, 5.74) is -2.56. The van der Waals surface area contributed by atoms with E-state index in [0.29, 0.717) is 11.4 Å². The van der Waals surface area contributed by atoms with Gasteiger partial charge in [-0.1, -0.05) is 31.1 Å². The highest BCUT2D eigenvalue weighted by Gasteiger charge is 2.42. The van der Waals surface area contributed by atoms with Crippen molar-refractivity contribution >= 4 is 22.9 Å². The van der Waals surface area contributed by atoms with Gasteiger partial charge in [0.1, 0.15) is 5.72 Å². The van der Waals surface area contributed by atoms with Gasteiger partial charge in [-0.05, 0) is 30.0 Å². The van der Waals surface area contributed by atoms with Crippen LogP contribution in [0.5, 0.6) is 0 Å². The number of carbonyl (C=O) groups excluding carboxylic acids is 1. The second-order valence-electron chi connectivity index (χ2n) is 6.08. The Hall–Kier alpha value is -1.69. The summed E-state index contributed by atoms with van der Waals surface area (Å²) in [6.45, 7) is 2.21. The third kappa shape index (κ3) is 4.17. The molecule has 0 spiro atoms. The Kier molecular flexibility index (Phi) is 3.39. The molecule has 0 radical (unpaired) electrons. The van der Waals surface area contributed by atoms with E-state index in [4.69, 9.17) is 18.4 Å². The Morgan fingerprint density at radius 3 is 2.81 bits per heavy atom. The molecule has 4 nitrogen and oxygen atoms in total. The number of carbonyl (C=O) groups is 1. The van der Waals surface area contributed by atoms with Gasteiger partial charge >= 0.3 is 0 Å². The molecule has 2 heterocycles. The lowest BCUT2D eigenvalue weighted by molar-refractivity contribution is -0.128. The second kappa shape index (κ2) is 8.80. The fraction of sp³-hybridized carbons (Fsp3) is 0.476. The van der Waals surface area contributed by atoms with E-state index in [9.17, 15) is 4.79 Å². The number of amides is 1. The number of anilines is 1. The van der Waals surface area contributed by atoms with Gasteiger partial charge in [0.05, 0.1) is 11.0 Å². The molecule has 5 heteroatoms. The van der Waals surface area contributed by atoms with Gasteiger partial charge in [0.25, 0.3) is 0 Å². The summed E-state index contributed by atoms with van der Waals surface area (Å²) < 4.78 is 85.6. The van der Waals surface area contributed by atoms with Crippen LogP contribution in [0.3, 0.4) is 0 Å². The molecule has 1 aromatic heterocycles. The first-order valence-electron chi connectivity index (χ1n) is 13.4. The molecule has 1 amide bonds. The molecule has 0 saturated carbocycles. The summed E-state index contributed by atoms with van der Waals surface area (Å²) in [5, 5.41) is 1.98. The zero-order valence-electron chi connectivity index (χ0n) is 24.6. The minimum Gasteiger partial charge on any atom is -0.358 e. The van der Waals surface area contributed by atoms with Crippen molar-refractivity contribution in [2.24, 2.45) is 0 Å². The highest BCUT2D eigenvalue weighted by atomic mass is 32.1. The van der Waals surface area contributed by atoms with Crippen LogP contribution in [0.15, 0.2) is 47.7 Å². The number of piperidine rings is 1. The second-order valence-corrected chi connectivity index (χ2v) is 7.12. The average Bonchev–Trinajstić information content (AvgIpc) is 3.30. The first-order valence-corrected chi connectivity index (χ1v) is 9.32. The number of hydrogen-bond acceptors (Lipinski definition) is 4. The predicted molar refractivity (Wildman–Crippen MR) is 108 cm³/mol. The van der Waals surface area contributed by atoms with Gasteiger partial charge in [-0.2, -0.15) is 0 Å². The van der Waals surface area contributed by atoms with Gasteiger partial charge in [0.15, 0.2) is 0 Å².